The summed E-state index contributed by atoms with van der Waals surface area (Å²) in [5.41, 5.74) is 2.17. The fourth-order valence-electron chi connectivity index (χ4n) is 2.89. The summed E-state index contributed by atoms with van der Waals surface area (Å²) >= 11 is 0. The highest BCUT2D eigenvalue weighted by atomic mass is 16.5. The predicted octanol–water partition coefficient (Wildman–Crippen LogP) is 1.08. The first kappa shape index (κ1) is 16.4. The Bertz CT molecular complexity index is 757. The third kappa shape index (κ3) is 3.09. The molecule has 0 radical (unpaired) electrons. The Labute approximate surface area is 140 Å². The maximum Gasteiger partial charge on any atom is 0.258 e. The molecule has 1 N–H and O–H groups in total. The first-order chi connectivity index (χ1) is 11.5. The molecule has 1 amide bonds. The van der Waals surface area contributed by atoms with Gasteiger partial charge in [-0.1, -0.05) is 0 Å². The van der Waals surface area contributed by atoms with Gasteiger partial charge in [-0.15, -0.1) is 0 Å². The van der Waals surface area contributed by atoms with Crippen molar-refractivity contribution in [2.75, 3.05) is 32.1 Å². The van der Waals surface area contributed by atoms with E-state index in [0.717, 1.165) is 11.5 Å². The van der Waals surface area contributed by atoms with Gasteiger partial charge in [-0.05, 0) is 13.8 Å². The Kier molecular flexibility index (Phi) is 4.48. The quantitative estimate of drug-likeness (QED) is 0.906. The van der Waals surface area contributed by atoms with Crippen LogP contribution in [0.25, 0.3) is 0 Å². The average Bonchev–Trinajstić information content (AvgIpc) is 2.92. The lowest BCUT2D eigenvalue weighted by atomic mass is 10.1. The Hall–Kier alpha value is -2.48. The van der Waals surface area contributed by atoms with Gasteiger partial charge in [0.05, 0.1) is 24.5 Å². The first-order valence-electron chi connectivity index (χ1n) is 7.92. The van der Waals surface area contributed by atoms with E-state index in [1.54, 1.807) is 15.8 Å². The second kappa shape index (κ2) is 6.56. The van der Waals surface area contributed by atoms with Gasteiger partial charge in [0.25, 0.3) is 5.91 Å². The number of carbonyl (C=O) groups is 1. The number of rotatable bonds is 3. The summed E-state index contributed by atoms with van der Waals surface area (Å²) in [4.78, 5) is 23.8. The summed E-state index contributed by atoms with van der Waals surface area (Å²) in [5, 5.41) is 7.29. The van der Waals surface area contributed by atoms with Gasteiger partial charge in [0, 0.05) is 38.6 Å². The molecular formula is C16H22N6O2. The Balaban J connectivity index is 1.95. The minimum absolute atomic E-state index is 0.0648. The third-order valence-corrected chi connectivity index (χ3v) is 4.06. The van der Waals surface area contributed by atoms with E-state index in [-0.39, 0.29) is 11.9 Å². The van der Waals surface area contributed by atoms with Crippen LogP contribution in [0.2, 0.25) is 0 Å². The molecule has 1 unspecified atom stereocenters. The molecule has 0 aromatic carbocycles. The summed E-state index contributed by atoms with van der Waals surface area (Å²) in [6.45, 7) is 5.14. The summed E-state index contributed by atoms with van der Waals surface area (Å²) in [5.74, 6) is 1.26. The number of hydrogen-bond donors (Lipinski definition) is 1. The number of nitrogens with one attached hydrogen (secondary N) is 1. The molecule has 0 bridgehead atoms. The van der Waals surface area contributed by atoms with Crippen LogP contribution < -0.4 is 5.32 Å². The second-order valence-electron chi connectivity index (χ2n) is 5.89. The zero-order valence-corrected chi connectivity index (χ0v) is 14.4. The second-order valence-corrected chi connectivity index (χ2v) is 5.89. The molecule has 2 aromatic rings. The van der Waals surface area contributed by atoms with E-state index < -0.39 is 0 Å². The van der Waals surface area contributed by atoms with E-state index in [2.05, 4.69) is 20.4 Å². The van der Waals surface area contributed by atoms with Gasteiger partial charge in [0.2, 0.25) is 0 Å². The van der Waals surface area contributed by atoms with Crippen molar-refractivity contribution in [3.63, 3.8) is 0 Å². The van der Waals surface area contributed by atoms with Crippen molar-refractivity contribution in [1.82, 2.24) is 24.6 Å². The molecule has 1 aliphatic heterocycles. The number of morpholine rings is 1. The maximum absolute atomic E-state index is 13.0. The van der Waals surface area contributed by atoms with Crippen LogP contribution in [0.4, 0.5) is 5.82 Å². The van der Waals surface area contributed by atoms with Crippen molar-refractivity contribution in [3.05, 3.63) is 35.0 Å². The molecule has 1 fully saturated rings. The smallest absolute Gasteiger partial charge is 0.258 e. The zero-order valence-electron chi connectivity index (χ0n) is 14.4. The van der Waals surface area contributed by atoms with Crippen LogP contribution in [0.1, 0.15) is 33.6 Å². The lowest BCUT2D eigenvalue weighted by molar-refractivity contribution is -0.00527. The van der Waals surface area contributed by atoms with E-state index in [1.165, 1.54) is 0 Å². The minimum Gasteiger partial charge on any atom is -0.377 e. The highest BCUT2D eigenvalue weighted by molar-refractivity contribution is 5.95. The van der Waals surface area contributed by atoms with Crippen molar-refractivity contribution in [2.24, 2.45) is 7.05 Å². The Morgan fingerprint density at radius 1 is 1.38 bits per heavy atom. The number of hydrogen-bond acceptors (Lipinski definition) is 6. The van der Waals surface area contributed by atoms with Crippen molar-refractivity contribution < 1.29 is 9.53 Å². The normalized spacial score (nSPS) is 17.8. The van der Waals surface area contributed by atoms with Crippen LogP contribution in [0.5, 0.6) is 0 Å². The fraction of sp³-hybridized carbons (Fsp3) is 0.500. The van der Waals surface area contributed by atoms with Gasteiger partial charge in [-0.3, -0.25) is 9.48 Å². The Morgan fingerprint density at radius 3 is 2.83 bits per heavy atom. The molecule has 3 heterocycles. The lowest BCUT2D eigenvalue weighted by Gasteiger charge is -2.34. The topological polar surface area (TPSA) is 85.2 Å². The number of aryl methyl sites for hydroxylation is 3. The van der Waals surface area contributed by atoms with Crippen LogP contribution in [0.3, 0.4) is 0 Å². The fourth-order valence-corrected chi connectivity index (χ4v) is 2.89. The molecule has 2 aromatic heterocycles. The number of ether oxygens (including phenoxy) is 1. The lowest BCUT2D eigenvalue weighted by Crippen LogP contribution is -2.44. The van der Waals surface area contributed by atoms with Gasteiger partial charge in [-0.25, -0.2) is 9.97 Å². The standard InChI is InChI=1S/C16H22N6O2/c1-10-7-14(17-3)19-15(18-10)13-9-24-6-5-22(13)16(23)12-8-21(4)20-11(12)2/h7-8,13H,5-6,9H2,1-4H3,(H,17,18,19). The van der Waals surface area contributed by atoms with Gasteiger partial charge < -0.3 is 15.0 Å². The summed E-state index contributed by atoms with van der Waals surface area (Å²) in [6.07, 6.45) is 1.75. The Morgan fingerprint density at radius 2 is 2.17 bits per heavy atom. The monoisotopic (exact) mass is 330 g/mol. The molecule has 1 atom stereocenters. The van der Waals surface area contributed by atoms with Crippen molar-refractivity contribution >= 4 is 11.7 Å². The van der Waals surface area contributed by atoms with E-state index in [9.17, 15) is 4.79 Å². The molecule has 0 saturated carbocycles. The molecule has 128 valence electrons. The predicted molar refractivity (Wildman–Crippen MR) is 88.9 cm³/mol. The number of anilines is 1. The summed E-state index contributed by atoms with van der Waals surface area (Å²) < 4.78 is 7.24. The average molecular weight is 330 g/mol. The number of nitrogens with zero attached hydrogens (tertiary/aromatic N) is 5. The molecule has 1 saturated heterocycles. The molecule has 8 nitrogen and oxygen atoms in total. The maximum atomic E-state index is 13.0. The van der Waals surface area contributed by atoms with Gasteiger partial charge >= 0.3 is 0 Å². The van der Waals surface area contributed by atoms with Crippen molar-refractivity contribution in [2.45, 2.75) is 19.9 Å². The number of carbonyl (C=O) groups excluding carboxylic acids is 1. The van der Waals surface area contributed by atoms with Crippen molar-refractivity contribution in [3.8, 4) is 0 Å². The molecular weight excluding hydrogens is 308 g/mol. The van der Waals surface area contributed by atoms with E-state index in [4.69, 9.17) is 4.74 Å². The van der Waals surface area contributed by atoms with E-state index in [1.807, 2.05) is 34.0 Å². The van der Waals surface area contributed by atoms with Crippen LogP contribution in [0.15, 0.2) is 12.3 Å². The molecule has 1 aliphatic rings. The summed E-state index contributed by atoms with van der Waals surface area (Å²) in [6, 6.07) is 1.56. The molecule has 8 heteroatoms. The molecule has 0 spiro atoms. The molecule has 24 heavy (non-hydrogen) atoms. The van der Waals surface area contributed by atoms with Gasteiger partial charge in [0.15, 0.2) is 5.82 Å². The number of aromatic nitrogens is 4. The first-order valence-corrected chi connectivity index (χ1v) is 7.92. The van der Waals surface area contributed by atoms with Crippen molar-refractivity contribution in [1.29, 1.82) is 0 Å². The van der Waals surface area contributed by atoms with Gasteiger partial charge in [0.1, 0.15) is 11.9 Å². The highest BCUT2D eigenvalue weighted by Gasteiger charge is 2.33. The van der Waals surface area contributed by atoms with Crippen LogP contribution in [-0.4, -0.2) is 57.4 Å². The SMILES string of the molecule is CNc1cc(C)nc(C2COCCN2C(=O)c2cn(C)nc2C)n1. The highest BCUT2D eigenvalue weighted by Crippen LogP contribution is 2.25. The van der Waals surface area contributed by atoms with Crippen LogP contribution in [0, 0.1) is 13.8 Å². The van der Waals surface area contributed by atoms with E-state index in [0.29, 0.717) is 36.8 Å². The third-order valence-electron chi connectivity index (χ3n) is 4.06. The zero-order chi connectivity index (χ0) is 17.3. The van der Waals surface area contributed by atoms with Crippen LogP contribution >= 0.6 is 0 Å². The number of amides is 1. The van der Waals surface area contributed by atoms with Crippen LogP contribution in [-0.2, 0) is 11.8 Å². The van der Waals surface area contributed by atoms with E-state index >= 15 is 0 Å². The minimum atomic E-state index is -0.308. The largest absolute Gasteiger partial charge is 0.377 e. The summed E-state index contributed by atoms with van der Waals surface area (Å²) in [7, 11) is 3.62. The van der Waals surface area contributed by atoms with Gasteiger partial charge in [-0.2, -0.15) is 5.10 Å². The molecule has 3 rings (SSSR count). The molecule has 0 aliphatic carbocycles.